The largest absolute Gasteiger partial charge is 0.298 e. The first-order chi connectivity index (χ1) is 15.4. The molecule has 0 N–H and O–H groups in total. The predicted molar refractivity (Wildman–Crippen MR) is 118 cm³/mol. The molecule has 3 aromatic rings. The first-order valence-corrected chi connectivity index (χ1v) is 12.2. The van der Waals surface area contributed by atoms with E-state index in [9.17, 15) is 18.5 Å². The second-order valence-corrected chi connectivity index (χ2v) is 10.5. The number of benzene rings is 2. The summed E-state index contributed by atoms with van der Waals surface area (Å²) < 4.78 is 27.6. The standard InChI is InChI=1S/C25H23N3O3S/c1-17-22-13-12-18-16-28(32(30,31)21-10-6-3-7-11-21)27-24(18)25(22,14-19(15-26)23(17)29)20-8-4-2-5-9-20/h2-11,16-17,19,22H,12-14H2,1H3/t17-,19?,22?,25-/m0/s1. The zero-order chi connectivity index (χ0) is 22.5. The summed E-state index contributed by atoms with van der Waals surface area (Å²) in [6, 6.07) is 20.3. The number of carbonyl (C=O) groups excluding carboxylic acids is 1. The Morgan fingerprint density at radius 1 is 1.09 bits per heavy atom. The summed E-state index contributed by atoms with van der Waals surface area (Å²) in [6.45, 7) is 1.90. The Morgan fingerprint density at radius 2 is 1.75 bits per heavy atom. The van der Waals surface area contributed by atoms with Crippen molar-refractivity contribution < 1.29 is 13.2 Å². The van der Waals surface area contributed by atoms with Crippen molar-refractivity contribution in [1.29, 1.82) is 5.26 Å². The zero-order valence-corrected chi connectivity index (χ0v) is 18.5. The summed E-state index contributed by atoms with van der Waals surface area (Å²) in [5, 5.41) is 14.4. The van der Waals surface area contributed by atoms with E-state index in [0.717, 1.165) is 21.6 Å². The van der Waals surface area contributed by atoms with Gasteiger partial charge >= 0.3 is 0 Å². The van der Waals surface area contributed by atoms with Gasteiger partial charge in [0, 0.05) is 17.5 Å². The molecule has 1 fully saturated rings. The van der Waals surface area contributed by atoms with Crippen molar-refractivity contribution in [3.8, 4) is 6.07 Å². The normalized spacial score (nSPS) is 27.2. The average Bonchev–Trinajstić information content (AvgIpc) is 3.28. The Morgan fingerprint density at radius 3 is 2.41 bits per heavy atom. The number of aromatic nitrogens is 2. The molecule has 162 valence electrons. The second-order valence-electron chi connectivity index (χ2n) is 8.75. The van der Waals surface area contributed by atoms with E-state index in [0.29, 0.717) is 18.5 Å². The number of nitriles is 1. The lowest BCUT2D eigenvalue weighted by Gasteiger charge is -2.50. The van der Waals surface area contributed by atoms with Crippen LogP contribution in [0.5, 0.6) is 0 Å². The molecule has 32 heavy (non-hydrogen) atoms. The maximum Gasteiger partial charge on any atom is 0.282 e. The molecule has 5 rings (SSSR count). The number of fused-ring (bicyclic) bond motifs is 3. The third-order valence-corrected chi connectivity index (χ3v) is 8.75. The lowest BCUT2D eigenvalue weighted by atomic mass is 9.51. The quantitative estimate of drug-likeness (QED) is 0.613. The molecular formula is C25H23N3O3S. The Balaban J connectivity index is 1.74. The van der Waals surface area contributed by atoms with Crippen LogP contribution in [0.15, 0.2) is 71.8 Å². The van der Waals surface area contributed by atoms with Gasteiger partial charge in [-0.1, -0.05) is 55.5 Å². The van der Waals surface area contributed by atoms with Gasteiger partial charge in [-0.2, -0.15) is 22.9 Å². The van der Waals surface area contributed by atoms with E-state index in [-0.39, 0.29) is 22.5 Å². The van der Waals surface area contributed by atoms with Crippen molar-refractivity contribution in [2.75, 3.05) is 0 Å². The van der Waals surface area contributed by atoms with E-state index in [1.54, 1.807) is 36.5 Å². The molecule has 7 heteroatoms. The summed E-state index contributed by atoms with van der Waals surface area (Å²) in [6.07, 6.45) is 3.32. The van der Waals surface area contributed by atoms with Crippen molar-refractivity contribution >= 4 is 15.8 Å². The van der Waals surface area contributed by atoms with Gasteiger partial charge in [0.15, 0.2) is 5.78 Å². The molecule has 1 heterocycles. The molecule has 1 saturated carbocycles. The second kappa shape index (κ2) is 7.42. The highest BCUT2D eigenvalue weighted by Crippen LogP contribution is 2.55. The van der Waals surface area contributed by atoms with E-state index in [4.69, 9.17) is 0 Å². The zero-order valence-electron chi connectivity index (χ0n) is 17.7. The minimum atomic E-state index is -3.85. The maximum absolute atomic E-state index is 13.3. The Hall–Kier alpha value is -3.24. The van der Waals surface area contributed by atoms with Gasteiger partial charge in [0.2, 0.25) is 0 Å². The highest BCUT2D eigenvalue weighted by molar-refractivity contribution is 7.89. The fraction of sp³-hybridized carbons (Fsp3) is 0.320. The molecular weight excluding hydrogens is 422 g/mol. The van der Waals surface area contributed by atoms with Gasteiger partial charge in [-0.3, -0.25) is 4.79 Å². The molecule has 0 radical (unpaired) electrons. The van der Waals surface area contributed by atoms with Crippen molar-refractivity contribution in [3.63, 3.8) is 0 Å². The van der Waals surface area contributed by atoms with Crippen LogP contribution < -0.4 is 0 Å². The SMILES string of the molecule is C[C@@H]1C(=O)C(C#N)C[C@@]2(c3ccccc3)c3nn(S(=O)(=O)c4ccccc4)cc3CCC12. The Kier molecular flexibility index (Phi) is 4.79. The molecule has 2 aromatic carbocycles. The topological polar surface area (TPSA) is 92.8 Å². The van der Waals surface area contributed by atoms with Crippen LogP contribution in [0.2, 0.25) is 0 Å². The Labute approximate surface area is 187 Å². The lowest BCUT2D eigenvalue weighted by Crippen LogP contribution is -2.52. The number of rotatable bonds is 3. The van der Waals surface area contributed by atoms with Gasteiger partial charge in [0.25, 0.3) is 10.0 Å². The Bertz CT molecular complexity index is 1330. The minimum Gasteiger partial charge on any atom is -0.298 e. The number of nitrogens with zero attached hydrogens (tertiary/aromatic N) is 3. The van der Waals surface area contributed by atoms with E-state index < -0.39 is 21.4 Å². The first-order valence-electron chi connectivity index (χ1n) is 10.8. The van der Waals surface area contributed by atoms with Gasteiger partial charge in [0.1, 0.15) is 5.92 Å². The van der Waals surface area contributed by atoms with Gasteiger partial charge < -0.3 is 0 Å². The van der Waals surface area contributed by atoms with Gasteiger partial charge in [0.05, 0.1) is 16.7 Å². The van der Waals surface area contributed by atoms with Gasteiger partial charge in [-0.15, -0.1) is 0 Å². The van der Waals surface area contributed by atoms with E-state index >= 15 is 0 Å². The van der Waals surface area contributed by atoms with E-state index in [1.165, 1.54) is 0 Å². The summed E-state index contributed by atoms with van der Waals surface area (Å²) in [5.74, 6) is -1.12. The third kappa shape index (κ3) is 2.86. The monoisotopic (exact) mass is 445 g/mol. The predicted octanol–water partition coefficient (Wildman–Crippen LogP) is 3.72. The molecule has 2 aliphatic rings. The minimum absolute atomic E-state index is 0.0242. The fourth-order valence-corrected chi connectivity index (χ4v) is 6.85. The molecule has 4 atom stereocenters. The summed E-state index contributed by atoms with van der Waals surface area (Å²) in [7, 11) is -3.85. The molecule has 0 bridgehead atoms. The number of hydrogen-bond donors (Lipinski definition) is 0. The molecule has 0 aliphatic heterocycles. The number of Topliss-reactive ketones (excluding diaryl/α,β-unsaturated/α-hetero) is 1. The smallest absolute Gasteiger partial charge is 0.282 e. The summed E-state index contributed by atoms with van der Waals surface area (Å²) in [4.78, 5) is 13.1. The number of aryl methyl sites for hydroxylation is 1. The third-order valence-electron chi connectivity index (χ3n) is 7.20. The molecule has 2 aliphatic carbocycles. The van der Waals surface area contributed by atoms with Crippen LogP contribution in [0.1, 0.15) is 36.6 Å². The van der Waals surface area contributed by atoms with Crippen LogP contribution in [-0.2, 0) is 26.7 Å². The summed E-state index contributed by atoms with van der Waals surface area (Å²) >= 11 is 0. The maximum atomic E-state index is 13.3. The molecule has 0 saturated heterocycles. The number of hydrogen-bond acceptors (Lipinski definition) is 5. The van der Waals surface area contributed by atoms with E-state index in [2.05, 4.69) is 11.2 Å². The highest BCUT2D eigenvalue weighted by Gasteiger charge is 2.56. The van der Waals surface area contributed by atoms with Crippen LogP contribution in [-0.4, -0.2) is 23.4 Å². The van der Waals surface area contributed by atoms with Crippen molar-refractivity contribution in [2.24, 2.45) is 17.8 Å². The molecule has 0 spiro atoms. The summed E-state index contributed by atoms with van der Waals surface area (Å²) in [5.41, 5.74) is 1.84. The molecule has 6 nitrogen and oxygen atoms in total. The van der Waals surface area contributed by atoms with Crippen LogP contribution >= 0.6 is 0 Å². The van der Waals surface area contributed by atoms with Crippen LogP contribution in [0.25, 0.3) is 0 Å². The lowest BCUT2D eigenvalue weighted by molar-refractivity contribution is -0.131. The molecule has 1 aromatic heterocycles. The molecule has 0 amide bonds. The number of ketones is 1. The van der Waals surface area contributed by atoms with Gasteiger partial charge in [-0.05, 0) is 48.4 Å². The van der Waals surface area contributed by atoms with Crippen LogP contribution in [0, 0.1) is 29.1 Å². The first kappa shape index (κ1) is 20.7. The van der Waals surface area contributed by atoms with Gasteiger partial charge in [-0.25, -0.2) is 0 Å². The van der Waals surface area contributed by atoms with Crippen LogP contribution in [0.3, 0.4) is 0 Å². The fourth-order valence-electron chi connectivity index (χ4n) is 5.68. The number of carbonyl (C=O) groups is 1. The highest BCUT2D eigenvalue weighted by atomic mass is 32.2. The van der Waals surface area contributed by atoms with E-state index in [1.807, 2.05) is 37.3 Å². The molecule has 2 unspecified atom stereocenters. The van der Waals surface area contributed by atoms with Crippen molar-refractivity contribution in [1.82, 2.24) is 9.19 Å². The average molecular weight is 446 g/mol. The van der Waals surface area contributed by atoms with Crippen LogP contribution in [0.4, 0.5) is 0 Å². The van der Waals surface area contributed by atoms with Crippen molar-refractivity contribution in [3.05, 3.63) is 83.7 Å². The van der Waals surface area contributed by atoms with Crippen molar-refractivity contribution in [2.45, 2.75) is 36.5 Å².